The van der Waals surface area contributed by atoms with E-state index < -0.39 is 16.2 Å². The van der Waals surface area contributed by atoms with Crippen molar-refractivity contribution in [3.8, 4) is 5.75 Å². The lowest BCUT2D eigenvalue weighted by Crippen LogP contribution is -2.43. The number of ether oxygens (including phenoxy) is 1. The van der Waals surface area contributed by atoms with Crippen LogP contribution < -0.4 is 14.4 Å². The largest absolute Gasteiger partial charge is 0.465 e. The Morgan fingerprint density at radius 3 is 2.48 bits per heavy atom. The van der Waals surface area contributed by atoms with Crippen molar-refractivity contribution >= 4 is 22.2 Å². The monoisotopic (exact) mass is 306 g/mol. The Bertz CT molecular complexity index is 621. The van der Waals surface area contributed by atoms with Gasteiger partial charge in [-0.15, -0.1) is 0 Å². The lowest BCUT2D eigenvalue weighted by molar-refractivity contribution is 0.247. The Morgan fingerprint density at radius 1 is 1.10 bits per heavy atom. The molecular weight excluding hydrogens is 288 g/mol. The van der Waals surface area contributed by atoms with Crippen molar-refractivity contribution in [2.45, 2.75) is 5.44 Å². The minimum Gasteiger partial charge on any atom is -0.465 e. The number of rotatable bonds is 3. The number of para-hydroxylation sites is 3. The third-order valence-corrected chi connectivity index (χ3v) is 5.24. The highest BCUT2D eigenvalue weighted by molar-refractivity contribution is 8.26. The molecule has 3 N–H and O–H groups in total. The standard InChI is InChI=1S/C15H18N2O3S/c1-16-11-15-20-14-10-6-5-9-13(14)17(21(15,18)19)12-7-3-2-4-8-12/h2-10,15-16,18-19H,11H2,1H3. The fourth-order valence-corrected chi connectivity index (χ4v) is 4.10. The van der Waals surface area contributed by atoms with Crippen molar-refractivity contribution in [1.29, 1.82) is 0 Å². The predicted octanol–water partition coefficient (Wildman–Crippen LogP) is 3.43. The molecule has 2 aromatic rings. The molecule has 6 heteroatoms. The number of hydrogen-bond acceptors (Lipinski definition) is 5. The lowest BCUT2D eigenvalue weighted by atomic mass is 10.2. The van der Waals surface area contributed by atoms with Crippen LogP contribution in [0.3, 0.4) is 0 Å². The molecule has 0 fully saturated rings. The molecule has 0 aromatic heterocycles. The molecule has 0 aliphatic carbocycles. The van der Waals surface area contributed by atoms with Gasteiger partial charge in [0.2, 0.25) is 5.44 Å². The van der Waals surface area contributed by atoms with Gasteiger partial charge in [-0.05, 0) is 31.3 Å². The van der Waals surface area contributed by atoms with Gasteiger partial charge in [0, 0.05) is 0 Å². The van der Waals surface area contributed by atoms with Gasteiger partial charge >= 0.3 is 0 Å². The second kappa shape index (κ2) is 5.57. The number of fused-ring (bicyclic) bond motifs is 1. The van der Waals surface area contributed by atoms with Crippen molar-refractivity contribution in [3.63, 3.8) is 0 Å². The first-order valence-electron chi connectivity index (χ1n) is 6.67. The molecule has 3 rings (SSSR count). The molecule has 1 atom stereocenters. The summed E-state index contributed by atoms with van der Waals surface area (Å²) in [5.74, 6) is 0.646. The van der Waals surface area contributed by atoms with Crippen molar-refractivity contribution in [2.24, 2.45) is 0 Å². The van der Waals surface area contributed by atoms with Crippen LogP contribution in [-0.4, -0.2) is 28.1 Å². The first kappa shape index (κ1) is 14.2. The number of benzene rings is 2. The summed E-state index contributed by atoms with van der Waals surface area (Å²) in [4.78, 5) is 0. The van der Waals surface area contributed by atoms with Gasteiger partial charge in [0.15, 0.2) is 0 Å². The third kappa shape index (κ3) is 2.47. The SMILES string of the molecule is CNCC1Oc2ccccc2N(c2ccccc2)S1(O)O. The van der Waals surface area contributed by atoms with E-state index >= 15 is 0 Å². The van der Waals surface area contributed by atoms with Gasteiger partial charge in [0.25, 0.3) is 0 Å². The van der Waals surface area contributed by atoms with Crippen molar-refractivity contribution in [2.75, 3.05) is 17.9 Å². The van der Waals surface area contributed by atoms with Crippen LogP contribution in [-0.2, 0) is 0 Å². The molecule has 1 unspecified atom stereocenters. The van der Waals surface area contributed by atoms with E-state index in [9.17, 15) is 9.11 Å². The van der Waals surface area contributed by atoms with Gasteiger partial charge in [0.1, 0.15) is 11.4 Å². The normalized spacial score (nSPS) is 21.3. The second-order valence-electron chi connectivity index (χ2n) is 4.76. The highest BCUT2D eigenvalue weighted by Crippen LogP contribution is 2.60. The number of likely N-dealkylation sites (N-methyl/N-ethyl adjacent to an activating group) is 1. The molecule has 1 aliphatic heterocycles. The molecule has 112 valence electrons. The Balaban J connectivity index is 2.13. The maximum absolute atomic E-state index is 10.7. The highest BCUT2D eigenvalue weighted by Gasteiger charge is 2.40. The second-order valence-corrected chi connectivity index (χ2v) is 6.78. The van der Waals surface area contributed by atoms with Crippen LogP contribution in [0.15, 0.2) is 54.6 Å². The van der Waals surface area contributed by atoms with Crippen LogP contribution >= 0.6 is 10.8 Å². The topological polar surface area (TPSA) is 65.0 Å². The summed E-state index contributed by atoms with van der Waals surface area (Å²) < 4.78 is 28.8. The molecule has 0 spiro atoms. The molecule has 1 heterocycles. The molecule has 0 radical (unpaired) electrons. The van der Waals surface area contributed by atoms with Gasteiger partial charge in [-0.25, -0.2) is 4.31 Å². The molecule has 0 amide bonds. The number of nitrogens with one attached hydrogen (secondary N) is 1. The van der Waals surface area contributed by atoms with Crippen LogP contribution in [0.25, 0.3) is 0 Å². The van der Waals surface area contributed by atoms with Crippen molar-refractivity contribution in [1.82, 2.24) is 5.32 Å². The van der Waals surface area contributed by atoms with Crippen LogP contribution in [0.5, 0.6) is 5.75 Å². The first-order valence-corrected chi connectivity index (χ1v) is 8.24. The van der Waals surface area contributed by atoms with Crippen molar-refractivity contribution < 1.29 is 13.8 Å². The first-order chi connectivity index (χ1) is 10.1. The summed E-state index contributed by atoms with van der Waals surface area (Å²) in [7, 11) is -1.39. The van der Waals surface area contributed by atoms with Gasteiger partial charge in [-0.2, -0.15) is 0 Å². The molecule has 1 aliphatic rings. The lowest BCUT2D eigenvalue weighted by Gasteiger charge is -2.51. The van der Waals surface area contributed by atoms with Crippen LogP contribution in [0.2, 0.25) is 0 Å². The van der Waals surface area contributed by atoms with Gasteiger partial charge in [0.05, 0.1) is 12.2 Å². The van der Waals surface area contributed by atoms with Crippen molar-refractivity contribution in [3.05, 3.63) is 54.6 Å². The molecule has 2 aromatic carbocycles. The minimum absolute atomic E-state index is 0.347. The minimum atomic E-state index is -3.14. The van der Waals surface area contributed by atoms with Crippen LogP contribution in [0.1, 0.15) is 0 Å². The average molecular weight is 306 g/mol. The summed E-state index contributed by atoms with van der Waals surface area (Å²) in [5, 5.41) is 2.95. The fraction of sp³-hybridized carbons (Fsp3) is 0.200. The number of hydrogen-bond donors (Lipinski definition) is 3. The molecule has 0 saturated carbocycles. The predicted molar refractivity (Wildman–Crippen MR) is 86.2 cm³/mol. The van der Waals surface area contributed by atoms with E-state index in [2.05, 4.69) is 5.32 Å². The summed E-state index contributed by atoms with van der Waals surface area (Å²) in [6.45, 7) is 0.347. The number of anilines is 2. The smallest absolute Gasteiger partial charge is 0.218 e. The highest BCUT2D eigenvalue weighted by atomic mass is 32.3. The van der Waals surface area contributed by atoms with E-state index in [1.54, 1.807) is 11.4 Å². The zero-order valence-corrected chi connectivity index (χ0v) is 12.5. The summed E-state index contributed by atoms with van der Waals surface area (Å²) >= 11 is 0. The van der Waals surface area contributed by atoms with E-state index in [4.69, 9.17) is 4.74 Å². The molecule has 0 bridgehead atoms. The quantitative estimate of drug-likeness (QED) is 0.811. The Hall–Kier alpha value is -1.73. The van der Waals surface area contributed by atoms with E-state index in [-0.39, 0.29) is 0 Å². The van der Waals surface area contributed by atoms with Crippen LogP contribution in [0.4, 0.5) is 11.4 Å². The Labute approximate surface area is 125 Å². The summed E-state index contributed by atoms with van der Waals surface area (Å²) in [5.41, 5.74) is 0.669. The van der Waals surface area contributed by atoms with E-state index in [1.807, 2.05) is 54.6 Å². The number of nitrogens with zero attached hydrogens (tertiary/aromatic N) is 1. The zero-order valence-electron chi connectivity index (χ0n) is 11.6. The van der Waals surface area contributed by atoms with Crippen LogP contribution in [0, 0.1) is 0 Å². The van der Waals surface area contributed by atoms with Gasteiger partial charge < -0.3 is 10.1 Å². The average Bonchev–Trinajstić information content (AvgIpc) is 2.49. The van der Waals surface area contributed by atoms with E-state index in [0.29, 0.717) is 18.0 Å². The maximum atomic E-state index is 10.7. The van der Waals surface area contributed by atoms with E-state index in [1.165, 1.54) is 0 Å². The summed E-state index contributed by atoms with van der Waals surface area (Å²) in [6, 6.07) is 16.7. The summed E-state index contributed by atoms with van der Waals surface area (Å²) in [6.07, 6.45) is 0. The zero-order chi connectivity index (χ0) is 14.9. The molecular formula is C15H18N2O3S. The third-order valence-electron chi connectivity index (χ3n) is 3.33. The maximum Gasteiger partial charge on any atom is 0.218 e. The van der Waals surface area contributed by atoms with Gasteiger partial charge in [-0.1, -0.05) is 41.1 Å². The Morgan fingerprint density at radius 2 is 1.76 bits per heavy atom. The Kier molecular flexibility index (Phi) is 3.77. The molecule has 5 nitrogen and oxygen atoms in total. The fourth-order valence-electron chi connectivity index (χ4n) is 2.37. The molecule has 0 saturated heterocycles. The van der Waals surface area contributed by atoms with Gasteiger partial charge in [-0.3, -0.25) is 9.11 Å². The molecule has 21 heavy (non-hydrogen) atoms. The van der Waals surface area contributed by atoms with E-state index in [0.717, 1.165) is 5.69 Å².